The molecule has 0 spiro atoms. The third-order valence-corrected chi connectivity index (χ3v) is 2.40. The summed E-state index contributed by atoms with van der Waals surface area (Å²) >= 11 is 0. The predicted octanol–water partition coefficient (Wildman–Crippen LogP) is 1.84. The Morgan fingerprint density at radius 3 is 3.00 bits per heavy atom. The first-order valence-electron chi connectivity index (χ1n) is 5.16. The summed E-state index contributed by atoms with van der Waals surface area (Å²) < 4.78 is 5.41. The van der Waals surface area contributed by atoms with Crippen LogP contribution >= 0.6 is 0 Å². The zero-order valence-electron chi connectivity index (χ0n) is 8.73. The Bertz CT molecular complexity index is 393. The molecule has 0 unspecified atom stereocenters. The highest BCUT2D eigenvalue weighted by atomic mass is 16.5. The van der Waals surface area contributed by atoms with Gasteiger partial charge in [-0.1, -0.05) is 12.8 Å². The van der Waals surface area contributed by atoms with Gasteiger partial charge in [0.25, 0.3) is 0 Å². The van der Waals surface area contributed by atoms with Crippen LogP contribution in [0.3, 0.4) is 0 Å². The average Bonchev–Trinajstić information content (AvgIpc) is 3.01. The first-order chi connectivity index (χ1) is 7.28. The fourth-order valence-corrected chi connectivity index (χ4v) is 1.39. The van der Waals surface area contributed by atoms with Crippen molar-refractivity contribution >= 4 is 0 Å². The molecular weight excluding hydrogens is 190 g/mol. The summed E-state index contributed by atoms with van der Waals surface area (Å²) in [6.07, 6.45) is 3.71. The molecular formula is C11H13N3O. The number of rotatable bonds is 4. The molecule has 0 bridgehead atoms. The standard InChI is InChI=1S/C11H13N3O/c1-8-6-10(7-12)14-11(13-8)15-5-4-9-2-3-9/h6,9H,2-5H2,1H3. The predicted molar refractivity (Wildman–Crippen MR) is 54.3 cm³/mol. The van der Waals surface area contributed by atoms with E-state index in [-0.39, 0.29) is 0 Å². The first kappa shape index (κ1) is 9.91. The molecule has 1 heterocycles. The summed E-state index contributed by atoms with van der Waals surface area (Å²) in [7, 11) is 0. The molecule has 0 radical (unpaired) electrons. The third-order valence-electron chi connectivity index (χ3n) is 2.40. The normalized spacial score (nSPS) is 14.7. The minimum Gasteiger partial charge on any atom is -0.463 e. The Hall–Kier alpha value is -1.63. The Labute approximate surface area is 88.9 Å². The van der Waals surface area contributed by atoms with Crippen molar-refractivity contribution in [2.45, 2.75) is 26.2 Å². The van der Waals surface area contributed by atoms with E-state index in [0.717, 1.165) is 18.0 Å². The van der Waals surface area contributed by atoms with Crippen molar-refractivity contribution in [3.8, 4) is 12.1 Å². The molecule has 0 atom stereocenters. The molecule has 1 aliphatic rings. The van der Waals surface area contributed by atoms with Crippen molar-refractivity contribution in [2.24, 2.45) is 5.92 Å². The van der Waals surface area contributed by atoms with E-state index >= 15 is 0 Å². The molecule has 0 N–H and O–H groups in total. The monoisotopic (exact) mass is 203 g/mol. The van der Waals surface area contributed by atoms with Crippen molar-refractivity contribution < 1.29 is 4.74 Å². The van der Waals surface area contributed by atoms with Crippen molar-refractivity contribution in [3.63, 3.8) is 0 Å². The number of nitrogens with zero attached hydrogens (tertiary/aromatic N) is 3. The largest absolute Gasteiger partial charge is 0.463 e. The maximum Gasteiger partial charge on any atom is 0.317 e. The van der Waals surface area contributed by atoms with Crippen molar-refractivity contribution in [2.75, 3.05) is 6.61 Å². The maximum absolute atomic E-state index is 8.71. The maximum atomic E-state index is 8.71. The second-order valence-electron chi connectivity index (χ2n) is 3.87. The first-order valence-corrected chi connectivity index (χ1v) is 5.16. The van der Waals surface area contributed by atoms with Gasteiger partial charge in [-0.05, 0) is 25.3 Å². The molecule has 0 saturated heterocycles. The molecule has 1 saturated carbocycles. The molecule has 0 aromatic carbocycles. The zero-order valence-corrected chi connectivity index (χ0v) is 8.73. The van der Waals surface area contributed by atoms with E-state index in [0.29, 0.717) is 18.3 Å². The lowest BCUT2D eigenvalue weighted by Gasteiger charge is -2.04. The molecule has 4 heteroatoms. The molecule has 15 heavy (non-hydrogen) atoms. The van der Waals surface area contributed by atoms with E-state index in [2.05, 4.69) is 9.97 Å². The number of nitriles is 1. The van der Waals surface area contributed by atoms with Crippen LogP contribution in [-0.2, 0) is 0 Å². The lowest BCUT2D eigenvalue weighted by Crippen LogP contribution is -2.03. The number of ether oxygens (including phenoxy) is 1. The van der Waals surface area contributed by atoms with E-state index in [1.165, 1.54) is 12.8 Å². The summed E-state index contributed by atoms with van der Waals surface area (Å²) in [6, 6.07) is 3.96. The van der Waals surface area contributed by atoms with Crippen LogP contribution in [0.2, 0.25) is 0 Å². The van der Waals surface area contributed by atoms with Crippen LogP contribution in [0.15, 0.2) is 6.07 Å². The number of aromatic nitrogens is 2. The number of aryl methyl sites for hydroxylation is 1. The highest BCUT2D eigenvalue weighted by Gasteiger charge is 2.20. The minimum absolute atomic E-state index is 0.326. The van der Waals surface area contributed by atoms with Gasteiger partial charge in [-0.25, -0.2) is 4.98 Å². The molecule has 0 aliphatic heterocycles. The Kier molecular flexibility index (Phi) is 2.82. The second-order valence-corrected chi connectivity index (χ2v) is 3.87. The fraction of sp³-hybridized carbons (Fsp3) is 0.545. The minimum atomic E-state index is 0.326. The fourth-order valence-electron chi connectivity index (χ4n) is 1.39. The van der Waals surface area contributed by atoms with Crippen LogP contribution in [0.5, 0.6) is 6.01 Å². The van der Waals surface area contributed by atoms with Gasteiger partial charge in [0.05, 0.1) is 6.61 Å². The zero-order chi connectivity index (χ0) is 10.7. The lowest BCUT2D eigenvalue weighted by atomic mass is 10.3. The summed E-state index contributed by atoms with van der Waals surface area (Å²) in [4.78, 5) is 8.09. The highest BCUT2D eigenvalue weighted by molar-refractivity contribution is 5.23. The molecule has 1 aromatic rings. The third kappa shape index (κ3) is 2.91. The van der Waals surface area contributed by atoms with Crippen LogP contribution in [0.1, 0.15) is 30.7 Å². The van der Waals surface area contributed by atoms with Gasteiger partial charge in [0.15, 0.2) is 0 Å². The van der Waals surface area contributed by atoms with Gasteiger partial charge >= 0.3 is 6.01 Å². The van der Waals surface area contributed by atoms with E-state index in [9.17, 15) is 0 Å². The Morgan fingerprint density at radius 1 is 1.53 bits per heavy atom. The summed E-state index contributed by atoms with van der Waals surface area (Å²) in [5.41, 5.74) is 1.13. The van der Waals surface area contributed by atoms with Gasteiger partial charge in [-0.3, -0.25) is 0 Å². The van der Waals surface area contributed by atoms with Crippen LogP contribution in [0.4, 0.5) is 0 Å². The smallest absolute Gasteiger partial charge is 0.317 e. The van der Waals surface area contributed by atoms with Crippen LogP contribution in [-0.4, -0.2) is 16.6 Å². The summed E-state index contributed by atoms with van der Waals surface area (Å²) in [5.74, 6) is 0.838. The van der Waals surface area contributed by atoms with Gasteiger partial charge in [-0.15, -0.1) is 0 Å². The van der Waals surface area contributed by atoms with Gasteiger partial charge in [-0.2, -0.15) is 10.2 Å². The van der Waals surface area contributed by atoms with Crippen LogP contribution in [0.25, 0.3) is 0 Å². The topological polar surface area (TPSA) is 58.8 Å². The van der Waals surface area contributed by atoms with E-state index in [4.69, 9.17) is 10.00 Å². The SMILES string of the molecule is Cc1cc(C#N)nc(OCCC2CC2)n1. The summed E-state index contributed by atoms with van der Waals surface area (Å²) in [6.45, 7) is 2.48. The molecule has 1 aromatic heterocycles. The second kappa shape index (κ2) is 4.26. The van der Waals surface area contributed by atoms with Crippen molar-refractivity contribution in [1.29, 1.82) is 5.26 Å². The molecule has 0 amide bonds. The van der Waals surface area contributed by atoms with Crippen LogP contribution < -0.4 is 4.74 Å². The van der Waals surface area contributed by atoms with Gasteiger partial charge in [0.1, 0.15) is 11.8 Å². The van der Waals surface area contributed by atoms with E-state index < -0.39 is 0 Å². The Morgan fingerprint density at radius 2 is 2.33 bits per heavy atom. The molecule has 78 valence electrons. The van der Waals surface area contributed by atoms with E-state index in [1.54, 1.807) is 6.07 Å². The van der Waals surface area contributed by atoms with Gasteiger partial charge in [0.2, 0.25) is 0 Å². The average molecular weight is 203 g/mol. The lowest BCUT2D eigenvalue weighted by molar-refractivity contribution is 0.278. The molecule has 4 nitrogen and oxygen atoms in total. The Balaban J connectivity index is 1.94. The van der Waals surface area contributed by atoms with Gasteiger partial charge < -0.3 is 4.74 Å². The van der Waals surface area contributed by atoms with Crippen molar-refractivity contribution in [1.82, 2.24) is 9.97 Å². The molecule has 1 aliphatic carbocycles. The van der Waals surface area contributed by atoms with E-state index in [1.807, 2.05) is 13.0 Å². The molecule has 1 fully saturated rings. The number of hydrogen-bond donors (Lipinski definition) is 0. The van der Waals surface area contributed by atoms with Gasteiger partial charge in [0, 0.05) is 5.69 Å². The van der Waals surface area contributed by atoms with Crippen molar-refractivity contribution in [3.05, 3.63) is 17.5 Å². The molecule has 2 rings (SSSR count). The highest BCUT2D eigenvalue weighted by Crippen LogP contribution is 2.32. The quantitative estimate of drug-likeness (QED) is 0.749. The van der Waals surface area contributed by atoms with Crippen LogP contribution in [0, 0.1) is 24.2 Å². The summed E-state index contributed by atoms with van der Waals surface area (Å²) in [5, 5.41) is 8.71. The number of hydrogen-bond acceptors (Lipinski definition) is 4.